The SMILES string of the molecule is O=C(c1ccc(-c2ccc(OCC3CCN(CC4(C(F)(F)F)CCC4)CC3)cc2F)cc1F)N1CCC[C@H](O)C1. The number of piperidine rings is 2. The van der Waals surface area contributed by atoms with Gasteiger partial charge in [-0.25, -0.2) is 8.78 Å². The van der Waals surface area contributed by atoms with Crippen molar-refractivity contribution in [2.75, 3.05) is 39.3 Å². The van der Waals surface area contributed by atoms with Gasteiger partial charge < -0.3 is 19.6 Å². The van der Waals surface area contributed by atoms with Crippen LogP contribution < -0.4 is 4.74 Å². The first-order valence-electron chi connectivity index (χ1n) is 14.0. The van der Waals surface area contributed by atoms with Gasteiger partial charge in [-0.3, -0.25) is 4.79 Å². The van der Waals surface area contributed by atoms with Crippen molar-refractivity contribution < 1.29 is 36.6 Å². The van der Waals surface area contributed by atoms with Crippen LogP contribution in [0, 0.1) is 23.0 Å². The van der Waals surface area contributed by atoms with Crippen LogP contribution in [0.4, 0.5) is 22.0 Å². The number of rotatable bonds is 7. The quantitative estimate of drug-likeness (QED) is 0.415. The summed E-state index contributed by atoms with van der Waals surface area (Å²) < 4.78 is 76.1. The van der Waals surface area contributed by atoms with Gasteiger partial charge in [0.2, 0.25) is 0 Å². The number of hydrogen-bond donors (Lipinski definition) is 1. The summed E-state index contributed by atoms with van der Waals surface area (Å²) >= 11 is 0. The first-order valence-corrected chi connectivity index (χ1v) is 14.0. The smallest absolute Gasteiger partial charge is 0.395 e. The van der Waals surface area contributed by atoms with Gasteiger partial charge in [0.15, 0.2) is 0 Å². The van der Waals surface area contributed by atoms with E-state index >= 15 is 0 Å². The second-order valence-electron chi connectivity index (χ2n) is 11.5. The van der Waals surface area contributed by atoms with E-state index in [1.165, 1.54) is 29.2 Å². The summed E-state index contributed by atoms with van der Waals surface area (Å²) in [6, 6.07) is 8.30. The molecule has 1 amide bonds. The van der Waals surface area contributed by atoms with Gasteiger partial charge in [0.1, 0.15) is 17.4 Å². The number of aliphatic hydroxyl groups excluding tert-OH is 1. The highest BCUT2D eigenvalue weighted by molar-refractivity contribution is 5.95. The molecule has 3 fully saturated rings. The van der Waals surface area contributed by atoms with E-state index in [4.69, 9.17) is 4.74 Å². The molecule has 2 aliphatic heterocycles. The van der Waals surface area contributed by atoms with E-state index in [1.807, 2.05) is 4.90 Å². The van der Waals surface area contributed by atoms with Crippen molar-refractivity contribution in [1.82, 2.24) is 9.80 Å². The number of aliphatic hydroxyl groups is 1. The average Bonchev–Trinajstić information content (AvgIpc) is 2.89. The van der Waals surface area contributed by atoms with Crippen LogP contribution in [-0.2, 0) is 0 Å². The predicted molar refractivity (Wildman–Crippen MR) is 140 cm³/mol. The molecule has 5 rings (SSSR count). The maximum absolute atomic E-state index is 15.0. The molecule has 0 unspecified atom stereocenters. The Morgan fingerprint density at radius 1 is 0.975 bits per heavy atom. The second kappa shape index (κ2) is 11.6. The fourth-order valence-electron chi connectivity index (χ4n) is 6.07. The lowest BCUT2D eigenvalue weighted by Crippen LogP contribution is -2.53. The third kappa shape index (κ3) is 6.12. The monoisotopic (exact) mass is 566 g/mol. The van der Waals surface area contributed by atoms with Crippen LogP contribution in [0.25, 0.3) is 11.1 Å². The number of amides is 1. The minimum absolute atomic E-state index is 0.0634. The largest absolute Gasteiger partial charge is 0.493 e. The molecular weight excluding hydrogens is 531 g/mol. The molecule has 2 saturated heterocycles. The molecule has 2 aromatic carbocycles. The lowest BCUT2D eigenvalue weighted by Gasteiger charge is -2.47. The second-order valence-corrected chi connectivity index (χ2v) is 11.5. The Balaban J connectivity index is 1.14. The third-order valence-corrected chi connectivity index (χ3v) is 8.77. The van der Waals surface area contributed by atoms with Gasteiger partial charge in [-0.05, 0) is 87.4 Å². The molecule has 1 N–H and O–H groups in total. The van der Waals surface area contributed by atoms with E-state index in [9.17, 15) is 31.9 Å². The fourth-order valence-corrected chi connectivity index (χ4v) is 6.07. The Morgan fingerprint density at radius 2 is 1.73 bits per heavy atom. The van der Waals surface area contributed by atoms with E-state index in [-0.39, 0.29) is 48.5 Å². The lowest BCUT2D eigenvalue weighted by atomic mass is 9.67. The van der Waals surface area contributed by atoms with Crippen molar-refractivity contribution in [1.29, 1.82) is 0 Å². The van der Waals surface area contributed by atoms with E-state index in [0.717, 1.165) is 18.9 Å². The molecule has 0 aromatic heterocycles. The van der Waals surface area contributed by atoms with Crippen LogP contribution in [0.5, 0.6) is 5.75 Å². The molecule has 218 valence electrons. The first-order chi connectivity index (χ1) is 19.0. The van der Waals surface area contributed by atoms with Crippen LogP contribution >= 0.6 is 0 Å². The van der Waals surface area contributed by atoms with Crippen LogP contribution in [0.15, 0.2) is 36.4 Å². The maximum atomic E-state index is 15.0. The number of nitrogens with zero attached hydrogens (tertiary/aromatic N) is 2. The Morgan fingerprint density at radius 3 is 2.33 bits per heavy atom. The number of ether oxygens (including phenoxy) is 1. The molecule has 2 aromatic rings. The van der Waals surface area contributed by atoms with Gasteiger partial charge in [-0.1, -0.05) is 12.5 Å². The molecule has 0 spiro atoms. The number of benzene rings is 2. The molecular formula is C30H35F5N2O3. The summed E-state index contributed by atoms with van der Waals surface area (Å²) in [5.41, 5.74) is -1.22. The van der Waals surface area contributed by atoms with Crippen LogP contribution in [0.1, 0.15) is 55.3 Å². The summed E-state index contributed by atoms with van der Waals surface area (Å²) in [5, 5.41) is 9.81. The minimum Gasteiger partial charge on any atom is -0.493 e. The topological polar surface area (TPSA) is 53.0 Å². The number of β-amino-alcohol motifs (C(OH)–C–C–N with tert-alkyl or cyclic N) is 1. The predicted octanol–water partition coefficient (Wildman–Crippen LogP) is 6.05. The number of hydrogen-bond acceptors (Lipinski definition) is 4. The molecule has 0 bridgehead atoms. The van der Waals surface area contributed by atoms with E-state index < -0.39 is 35.2 Å². The standard InChI is InChI=1S/C30H35F5N2O3/c31-26-15-21(4-6-25(26)28(39)37-12-1-3-22(38)17-37)24-7-5-23(16-27(24)32)40-18-20-8-13-36(14-9-20)19-29(10-2-11-29)30(33,34)35/h4-7,15-16,20,22,38H,1-3,8-14,17-19H2/t22-/m0/s1. The highest BCUT2D eigenvalue weighted by Gasteiger charge is 2.58. The van der Waals surface area contributed by atoms with Crippen molar-refractivity contribution in [2.24, 2.45) is 11.3 Å². The normalized spacial score (nSPS) is 22.1. The van der Waals surface area contributed by atoms with Crippen molar-refractivity contribution in [3.8, 4) is 16.9 Å². The molecule has 1 aliphatic carbocycles. The van der Waals surface area contributed by atoms with Crippen molar-refractivity contribution in [2.45, 2.75) is 57.2 Å². The van der Waals surface area contributed by atoms with Crippen molar-refractivity contribution in [3.05, 3.63) is 53.6 Å². The highest BCUT2D eigenvalue weighted by atomic mass is 19.4. The maximum Gasteiger partial charge on any atom is 0.395 e. The summed E-state index contributed by atoms with van der Waals surface area (Å²) in [5.74, 6) is -1.36. The van der Waals surface area contributed by atoms with Crippen molar-refractivity contribution in [3.63, 3.8) is 0 Å². The first kappa shape index (κ1) is 28.8. The van der Waals surface area contributed by atoms with Crippen LogP contribution in [0.3, 0.4) is 0 Å². The fraction of sp³-hybridized carbons (Fsp3) is 0.567. The van der Waals surface area contributed by atoms with Crippen molar-refractivity contribution >= 4 is 5.91 Å². The minimum atomic E-state index is -4.16. The number of carbonyl (C=O) groups is 1. The van der Waals surface area contributed by atoms with Crippen LogP contribution in [0.2, 0.25) is 0 Å². The molecule has 40 heavy (non-hydrogen) atoms. The van der Waals surface area contributed by atoms with Gasteiger partial charge in [0.25, 0.3) is 5.91 Å². The summed E-state index contributed by atoms with van der Waals surface area (Å²) in [6.07, 6.45) is -1.05. The summed E-state index contributed by atoms with van der Waals surface area (Å²) in [6.45, 7) is 2.18. The lowest BCUT2D eigenvalue weighted by molar-refractivity contribution is -0.256. The Bertz CT molecular complexity index is 1210. The molecule has 5 nitrogen and oxygen atoms in total. The molecule has 3 aliphatic rings. The zero-order chi connectivity index (χ0) is 28.5. The Kier molecular flexibility index (Phi) is 8.38. The summed E-state index contributed by atoms with van der Waals surface area (Å²) in [4.78, 5) is 16.0. The van der Waals surface area contributed by atoms with E-state index in [0.29, 0.717) is 51.3 Å². The third-order valence-electron chi connectivity index (χ3n) is 8.77. The molecule has 1 atom stereocenters. The van der Waals surface area contributed by atoms with Gasteiger partial charge in [-0.15, -0.1) is 0 Å². The highest BCUT2D eigenvalue weighted by Crippen LogP contribution is 2.53. The van der Waals surface area contributed by atoms with Crippen LogP contribution in [-0.4, -0.2) is 72.4 Å². The Labute approximate surface area is 230 Å². The molecule has 1 saturated carbocycles. The molecule has 0 radical (unpaired) electrons. The number of halogens is 5. The zero-order valence-corrected chi connectivity index (χ0v) is 22.4. The van der Waals surface area contributed by atoms with Gasteiger partial charge in [-0.2, -0.15) is 13.2 Å². The summed E-state index contributed by atoms with van der Waals surface area (Å²) in [7, 11) is 0. The van der Waals surface area contributed by atoms with E-state index in [2.05, 4.69) is 0 Å². The van der Waals surface area contributed by atoms with Gasteiger partial charge in [0.05, 0.1) is 23.7 Å². The van der Waals surface area contributed by atoms with Gasteiger partial charge >= 0.3 is 6.18 Å². The zero-order valence-electron chi connectivity index (χ0n) is 22.4. The number of likely N-dealkylation sites (tertiary alicyclic amines) is 2. The van der Waals surface area contributed by atoms with E-state index in [1.54, 1.807) is 6.07 Å². The number of carbonyl (C=O) groups excluding carboxylic acids is 1. The molecule has 10 heteroatoms. The van der Waals surface area contributed by atoms with Gasteiger partial charge in [0, 0.05) is 31.3 Å². The number of alkyl halides is 3. The average molecular weight is 567 g/mol. The molecule has 2 heterocycles. The Hall–Kier alpha value is -2.72.